The standard InChI is InChI=1S/C10H20O.CO.Mo/c1-7(2)9-5-4-8(3)6-10(9)11;1-2;/h7-11H,4-6H2,1-3H3;;. The summed E-state index contributed by atoms with van der Waals surface area (Å²) in [6.07, 6.45) is 3.52. The number of aliphatic hydroxyl groups is 1. The van der Waals surface area contributed by atoms with Gasteiger partial charge in [-0.1, -0.05) is 27.2 Å². The smallest absolute Gasteiger partial charge is 0.281 e. The second kappa shape index (κ2) is 8.61. The maximum atomic E-state index is 9.71. The van der Waals surface area contributed by atoms with Gasteiger partial charge in [0.1, 0.15) is 0 Å². The van der Waals surface area contributed by atoms with Crippen LogP contribution in [-0.4, -0.2) is 18.0 Å². The minimum absolute atomic E-state index is 0. The molecule has 1 fully saturated rings. The molecule has 82 valence electrons. The monoisotopic (exact) mass is 282 g/mol. The summed E-state index contributed by atoms with van der Waals surface area (Å²) in [4.78, 5) is 7.50. The number of aliphatic hydroxyl groups excluding tert-OH is 1. The molecule has 3 unspecified atom stereocenters. The molecule has 0 aromatic carbocycles. The average Bonchev–Trinajstić information content (AvgIpc) is 2.07. The van der Waals surface area contributed by atoms with Crippen LogP contribution in [0.15, 0.2) is 0 Å². The molecule has 2 radical (unpaired) electrons. The SMILES string of the molecule is CC1CCC(C(C)C)C(O)C1.[C]=O.[Mo]. The number of carbonyl (C=O) groups excluding carboxylic acids is 1. The molecule has 0 aliphatic heterocycles. The molecule has 0 saturated heterocycles. The molecule has 0 bridgehead atoms. The molecule has 1 N–H and O–H groups in total. The van der Waals surface area contributed by atoms with Gasteiger partial charge in [-0.25, -0.2) is 0 Å². The summed E-state index contributed by atoms with van der Waals surface area (Å²) >= 11 is 0. The third kappa shape index (κ3) is 5.26. The van der Waals surface area contributed by atoms with Gasteiger partial charge in [-0.3, -0.25) is 4.79 Å². The first-order valence-electron chi connectivity index (χ1n) is 4.99. The molecule has 0 aromatic heterocycles. The summed E-state index contributed by atoms with van der Waals surface area (Å²) in [5, 5.41) is 9.71. The van der Waals surface area contributed by atoms with E-state index in [-0.39, 0.29) is 27.2 Å². The van der Waals surface area contributed by atoms with Crippen molar-refractivity contribution in [3.8, 4) is 0 Å². The first-order chi connectivity index (χ1) is 6.11. The van der Waals surface area contributed by atoms with Gasteiger partial charge in [0, 0.05) is 21.1 Å². The zero-order valence-electron chi connectivity index (χ0n) is 9.19. The van der Waals surface area contributed by atoms with Crippen molar-refractivity contribution in [2.45, 2.75) is 46.1 Å². The van der Waals surface area contributed by atoms with Crippen molar-refractivity contribution in [2.24, 2.45) is 17.8 Å². The Labute approximate surface area is 102 Å². The predicted molar refractivity (Wildman–Crippen MR) is 53.0 cm³/mol. The van der Waals surface area contributed by atoms with Gasteiger partial charge in [0.2, 0.25) is 0 Å². The number of hydrogen-bond donors (Lipinski definition) is 1. The van der Waals surface area contributed by atoms with E-state index >= 15 is 0 Å². The Bertz CT molecular complexity index is 139. The second-order valence-electron chi connectivity index (χ2n) is 4.39. The van der Waals surface area contributed by atoms with Crippen molar-refractivity contribution in [3.63, 3.8) is 0 Å². The van der Waals surface area contributed by atoms with Gasteiger partial charge in [0.15, 0.2) is 0 Å². The van der Waals surface area contributed by atoms with Crippen LogP contribution >= 0.6 is 0 Å². The average molecular weight is 280 g/mol. The molecule has 3 atom stereocenters. The van der Waals surface area contributed by atoms with Crippen molar-refractivity contribution in [3.05, 3.63) is 0 Å². The van der Waals surface area contributed by atoms with Crippen molar-refractivity contribution in [1.82, 2.24) is 0 Å². The van der Waals surface area contributed by atoms with Crippen molar-refractivity contribution in [1.29, 1.82) is 0 Å². The fraction of sp³-hybridized carbons (Fsp3) is 0.909. The zero-order chi connectivity index (χ0) is 10.4. The Kier molecular flexibility index (Phi) is 10.3. The molecule has 1 aliphatic carbocycles. The molecule has 0 aromatic rings. The van der Waals surface area contributed by atoms with E-state index in [1.165, 1.54) is 12.8 Å². The van der Waals surface area contributed by atoms with Crippen LogP contribution < -0.4 is 0 Å². The molecule has 1 rings (SSSR count). The quantitative estimate of drug-likeness (QED) is 0.746. The van der Waals surface area contributed by atoms with Crippen LogP contribution in [0.3, 0.4) is 0 Å². The minimum Gasteiger partial charge on any atom is -0.393 e. The van der Waals surface area contributed by atoms with E-state index in [0.717, 1.165) is 12.3 Å². The molecule has 1 saturated carbocycles. The summed E-state index contributed by atoms with van der Waals surface area (Å²) in [5.74, 6) is 1.95. The van der Waals surface area contributed by atoms with E-state index in [1.54, 1.807) is 0 Å². The van der Waals surface area contributed by atoms with Crippen molar-refractivity contribution in [2.75, 3.05) is 0 Å². The van der Waals surface area contributed by atoms with Crippen LogP contribution in [0.2, 0.25) is 0 Å². The van der Waals surface area contributed by atoms with Crippen LogP contribution in [0.1, 0.15) is 40.0 Å². The normalized spacial score (nSPS) is 31.4. The van der Waals surface area contributed by atoms with E-state index in [4.69, 9.17) is 4.79 Å². The molecule has 2 nitrogen and oxygen atoms in total. The summed E-state index contributed by atoms with van der Waals surface area (Å²) in [6, 6.07) is 0. The Balaban J connectivity index is 0. The van der Waals surface area contributed by atoms with E-state index in [1.807, 2.05) is 0 Å². The van der Waals surface area contributed by atoms with Crippen LogP contribution in [0, 0.1) is 17.8 Å². The van der Waals surface area contributed by atoms with Crippen LogP contribution in [-0.2, 0) is 25.9 Å². The minimum atomic E-state index is -0.0289. The van der Waals surface area contributed by atoms with Crippen LogP contribution in [0.5, 0.6) is 0 Å². The fourth-order valence-corrected chi connectivity index (χ4v) is 2.15. The van der Waals surface area contributed by atoms with Crippen LogP contribution in [0.4, 0.5) is 0 Å². The van der Waals surface area contributed by atoms with Gasteiger partial charge in [-0.2, -0.15) is 0 Å². The summed E-state index contributed by atoms with van der Waals surface area (Å²) in [7, 11) is 0. The molecule has 0 heterocycles. The Morgan fingerprint density at radius 2 is 1.79 bits per heavy atom. The van der Waals surface area contributed by atoms with Gasteiger partial charge in [-0.05, 0) is 30.6 Å². The number of rotatable bonds is 1. The second-order valence-corrected chi connectivity index (χ2v) is 4.39. The first kappa shape index (κ1) is 16.7. The molecule has 0 spiro atoms. The third-order valence-corrected chi connectivity index (χ3v) is 2.99. The molecule has 3 heteroatoms. The van der Waals surface area contributed by atoms with Gasteiger partial charge in [-0.15, -0.1) is 0 Å². The Morgan fingerprint density at radius 3 is 2.14 bits per heavy atom. The molecular weight excluding hydrogens is 260 g/mol. The van der Waals surface area contributed by atoms with E-state index in [9.17, 15) is 5.11 Å². The van der Waals surface area contributed by atoms with Gasteiger partial charge in [0.25, 0.3) is 6.79 Å². The summed E-state index contributed by atoms with van der Waals surface area (Å²) < 4.78 is 0. The van der Waals surface area contributed by atoms with Gasteiger partial charge in [0.05, 0.1) is 6.10 Å². The Hall–Kier alpha value is 0.318. The maximum absolute atomic E-state index is 9.71. The van der Waals surface area contributed by atoms with E-state index < -0.39 is 0 Å². The fourth-order valence-electron chi connectivity index (χ4n) is 2.15. The largest absolute Gasteiger partial charge is 0.393 e. The molecule has 14 heavy (non-hydrogen) atoms. The number of hydrogen-bond acceptors (Lipinski definition) is 2. The molecule has 1 aliphatic rings. The van der Waals surface area contributed by atoms with Crippen molar-refractivity contribution < 1.29 is 31.0 Å². The summed E-state index contributed by atoms with van der Waals surface area (Å²) in [5.41, 5.74) is 0. The topological polar surface area (TPSA) is 37.3 Å². The van der Waals surface area contributed by atoms with Gasteiger partial charge >= 0.3 is 0 Å². The zero-order valence-corrected chi connectivity index (χ0v) is 11.2. The third-order valence-electron chi connectivity index (χ3n) is 2.99. The first-order valence-corrected chi connectivity index (χ1v) is 4.99. The Morgan fingerprint density at radius 1 is 1.29 bits per heavy atom. The predicted octanol–water partition coefficient (Wildman–Crippen LogP) is 2.04. The molecule has 0 amide bonds. The molecular formula is C11H20MoO2. The summed E-state index contributed by atoms with van der Waals surface area (Å²) in [6.45, 7) is 11.2. The van der Waals surface area contributed by atoms with Crippen molar-refractivity contribution >= 4 is 6.79 Å². The van der Waals surface area contributed by atoms with Crippen LogP contribution in [0.25, 0.3) is 0 Å². The maximum Gasteiger partial charge on any atom is 0.281 e. The van der Waals surface area contributed by atoms with E-state index in [0.29, 0.717) is 11.8 Å². The van der Waals surface area contributed by atoms with E-state index in [2.05, 4.69) is 27.6 Å². The van der Waals surface area contributed by atoms with Gasteiger partial charge < -0.3 is 5.11 Å².